The fourth-order valence-corrected chi connectivity index (χ4v) is 2.05. The second kappa shape index (κ2) is 7.04. The third-order valence-electron chi connectivity index (χ3n) is 2.99. The Bertz CT molecular complexity index is 535. The molecule has 1 heterocycles. The normalized spacial score (nSPS) is 10.8. The lowest BCUT2D eigenvalue weighted by molar-refractivity contribution is 0.621. The van der Waals surface area contributed by atoms with Gasteiger partial charge in [0.2, 0.25) is 0 Å². The van der Waals surface area contributed by atoms with Crippen molar-refractivity contribution in [3.05, 3.63) is 42.2 Å². The maximum absolute atomic E-state index is 4.70. The average Bonchev–Trinajstić information content (AvgIpc) is 2.45. The summed E-state index contributed by atoms with van der Waals surface area (Å²) in [5, 5.41) is 3.37. The van der Waals surface area contributed by atoms with Crippen LogP contribution in [0.2, 0.25) is 0 Å². The second-order valence-electron chi connectivity index (χ2n) is 5.45. The van der Waals surface area contributed by atoms with E-state index in [4.69, 9.17) is 4.98 Å². The first-order valence-electron chi connectivity index (χ1n) is 7.36. The Kier molecular flexibility index (Phi) is 5.10. The van der Waals surface area contributed by atoms with Gasteiger partial charge in [-0.3, -0.25) is 0 Å². The molecule has 1 N–H and O–H groups in total. The first kappa shape index (κ1) is 14.5. The zero-order valence-corrected chi connectivity index (χ0v) is 12.6. The van der Waals surface area contributed by atoms with Crippen LogP contribution < -0.4 is 5.32 Å². The summed E-state index contributed by atoms with van der Waals surface area (Å²) < 4.78 is 0. The van der Waals surface area contributed by atoms with E-state index in [9.17, 15) is 0 Å². The number of rotatable bonds is 6. The fourth-order valence-electron chi connectivity index (χ4n) is 2.05. The maximum atomic E-state index is 4.70. The Balaban J connectivity index is 2.34. The van der Waals surface area contributed by atoms with Crippen LogP contribution >= 0.6 is 0 Å². The van der Waals surface area contributed by atoms with Crippen LogP contribution in [0.3, 0.4) is 0 Å². The van der Waals surface area contributed by atoms with Crippen LogP contribution in [-0.4, -0.2) is 16.5 Å². The monoisotopic (exact) mass is 269 g/mol. The molecule has 0 aliphatic carbocycles. The molecule has 0 aliphatic rings. The average molecular weight is 269 g/mol. The highest BCUT2D eigenvalue weighted by atomic mass is 15.0. The third-order valence-corrected chi connectivity index (χ3v) is 2.99. The summed E-state index contributed by atoms with van der Waals surface area (Å²) in [6.07, 6.45) is 1.99. The van der Waals surface area contributed by atoms with Gasteiger partial charge in [0.1, 0.15) is 11.6 Å². The predicted octanol–water partition coefficient (Wildman–Crippen LogP) is 4.16. The fraction of sp³-hybridized carbons (Fsp3) is 0.412. The van der Waals surface area contributed by atoms with Crippen LogP contribution in [0.5, 0.6) is 0 Å². The molecule has 0 spiro atoms. The van der Waals surface area contributed by atoms with E-state index in [-0.39, 0.29) is 0 Å². The Morgan fingerprint density at radius 1 is 1.10 bits per heavy atom. The zero-order valence-electron chi connectivity index (χ0n) is 12.6. The molecule has 0 unspecified atom stereocenters. The lowest BCUT2D eigenvalue weighted by Crippen LogP contribution is -2.08. The molecule has 0 aliphatic heterocycles. The van der Waals surface area contributed by atoms with E-state index < -0.39 is 0 Å². The molecule has 0 saturated carbocycles. The minimum Gasteiger partial charge on any atom is -0.370 e. The minimum absolute atomic E-state index is 0.556. The van der Waals surface area contributed by atoms with Gasteiger partial charge in [-0.1, -0.05) is 51.1 Å². The number of benzene rings is 1. The number of nitrogens with zero attached hydrogens (tertiary/aromatic N) is 2. The molecule has 0 amide bonds. The summed E-state index contributed by atoms with van der Waals surface area (Å²) >= 11 is 0. The maximum Gasteiger partial charge on any atom is 0.131 e. The minimum atomic E-state index is 0.556. The molecule has 0 saturated heterocycles. The molecule has 0 atom stereocenters. The number of hydrogen-bond acceptors (Lipinski definition) is 3. The van der Waals surface area contributed by atoms with Gasteiger partial charge in [-0.25, -0.2) is 9.97 Å². The van der Waals surface area contributed by atoms with Crippen LogP contribution in [0.4, 0.5) is 5.82 Å². The highest BCUT2D eigenvalue weighted by Crippen LogP contribution is 2.20. The van der Waals surface area contributed by atoms with Crippen molar-refractivity contribution in [2.24, 2.45) is 5.92 Å². The summed E-state index contributed by atoms with van der Waals surface area (Å²) in [7, 11) is 0. The smallest absolute Gasteiger partial charge is 0.131 e. The molecular weight excluding hydrogens is 246 g/mol. The molecule has 1 aromatic carbocycles. The number of aromatic nitrogens is 2. The summed E-state index contributed by atoms with van der Waals surface area (Å²) in [5.74, 6) is 2.40. The van der Waals surface area contributed by atoms with Crippen LogP contribution in [0.25, 0.3) is 11.3 Å². The van der Waals surface area contributed by atoms with Crippen molar-refractivity contribution >= 4 is 5.82 Å². The van der Waals surface area contributed by atoms with E-state index >= 15 is 0 Å². The number of nitrogens with one attached hydrogen (secondary N) is 1. The van der Waals surface area contributed by atoms with Gasteiger partial charge in [-0.05, 0) is 12.3 Å². The van der Waals surface area contributed by atoms with Gasteiger partial charge < -0.3 is 5.32 Å². The molecule has 0 fully saturated rings. The van der Waals surface area contributed by atoms with Crippen molar-refractivity contribution in [1.82, 2.24) is 9.97 Å². The lowest BCUT2D eigenvalue weighted by Gasteiger charge is -2.11. The van der Waals surface area contributed by atoms with Crippen LogP contribution in [0.15, 0.2) is 36.4 Å². The van der Waals surface area contributed by atoms with Crippen LogP contribution in [0.1, 0.15) is 33.0 Å². The molecule has 3 nitrogen and oxygen atoms in total. The molecule has 20 heavy (non-hydrogen) atoms. The number of hydrogen-bond donors (Lipinski definition) is 1. The van der Waals surface area contributed by atoms with Crippen molar-refractivity contribution in [3.63, 3.8) is 0 Å². The van der Waals surface area contributed by atoms with Gasteiger partial charge in [0, 0.05) is 24.6 Å². The SMILES string of the molecule is CCCNc1cc(-c2ccccc2)nc(CC(C)C)n1. The standard InChI is InChI=1S/C17H23N3/c1-4-10-18-16-12-15(14-8-6-5-7-9-14)19-17(20-16)11-13(2)3/h5-9,12-13H,4,10-11H2,1-3H3,(H,18,19,20). The van der Waals surface area contributed by atoms with Crippen molar-refractivity contribution in [1.29, 1.82) is 0 Å². The van der Waals surface area contributed by atoms with Crippen LogP contribution in [0, 0.1) is 5.92 Å². The molecule has 0 bridgehead atoms. The highest BCUT2D eigenvalue weighted by Gasteiger charge is 2.08. The largest absolute Gasteiger partial charge is 0.370 e. The molecule has 1 aromatic heterocycles. The quantitative estimate of drug-likeness (QED) is 0.855. The molecule has 3 heteroatoms. The Morgan fingerprint density at radius 3 is 2.50 bits per heavy atom. The summed E-state index contributed by atoms with van der Waals surface area (Å²) in [6, 6.07) is 12.3. The van der Waals surface area contributed by atoms with E-state index in [0.29, 0.717) is 5.92 Å². The van der Waals surface area contributed by atoms with Crippen molar-refractivity contribution in [2.75, 3.05) is 11.9 Å². The van der Waals surface area contributed by atoms with Gasteiger partial charge in [0.25, 0.3) is 0 Å². The summed E-state index contributed by atoms with van der Waals surface area (Å²) in [6.45, 7) is 7.48. The van der Waals surface area contributed by atoms with E-state index in [0.717, 1.165) is 42.3 Å². The third kappa shape index (κ3) is 4.05. The second-order valence-corrected chi connectivity index (χ2v) is 5.45. The molecular formula is C17H23N3. The van der Waals surface area contributed by atoms with E-state index in [1.165, 1.54) is 0 Å². The van der Waals surface area contributed by atoms with Crippen molar-refractivity contribution in [2.45, 2.75) is 33.6 Å². The zero-order chi connectivity index (χ0) is 14.4. The first-order valence-corrected chi connectivity index (χ1v) is 7.36. The highest BCUT2D eigenvalue weighted by molar-refractivity contribution is 5.62. The molecule has 2 aromatic rings. The number of anilines is 1. The van der Waals surface area contributed by atoms with Crippen molar-refractivity contribution < 1.29 is 0 Å². The summed E-state index contributed by atoms with van der Waals surface area (Å²) in [5.41, 5.74) is 2.13. The van der Waals surface area contributed by atoms with E-state index in [1.54, 1.807) is 0 Å². The Labute approximate surface area is 121 Å². The predicted molar refractivity (Wildman–Crippen MR) is 84.8 cm³/mol. The molecule has 106 valence electrons. The lowest BCUT2D eigenvalue weighted by atomic mass is 10.1. The van der Waals surface area contributed by atoms with Crippen molar-refractivity contribution in [3.8, 4) is 11.3 Å². The van der Waals surface area contributed by atoms with Gasteiger partial charge in [-0.2, -0.15) is 0 Å². The Morgan fingerprint density at radius 2 is 1.85 bits per heavy atom. The summed E-state index contributed by atoms with van der Waals surface area (Å²) in [4.78, 5) is 9.32. The molecule has 2 rings (SSSR count). The van der Waals surface area contributed by atoms with E-state index in [1.807, 2.05) is 24.3 Å². The van der Waals surface area contributed by atoms with Gasteiger partial charge in [0.05, 0.1) is 5.69 Å². The first-order chi connectivity index (χ1) is 9.69. The van der Waals surface area contributed by atoms with Gasteiger partial charge in [0.15, 0.2) is 0 Å². The van der Waals surface area contributed by atoms with Gasteiger partial charge in [-0.15, -0.1) is 0 Å². The Hall–Kier alpha value is -1.90. The van der Waals surface area contributed by atoms with Crippen LogP contribution in [-0.2, 0) is 6.42 Å². The topological polar surface area (TPSA) is 37.8 Å². The van der Waals surface area contributed by atoms with Gasteiger partial charge >= 0.3 is 0 Å². The molecule has 0 radical (unpaired) electrons. The van der Waals surface area contributed by atoms with E-state index in [2.05, 4.69) is 43.2 Å².